The second kappa shape index (κ2) is 8.52. The van der Waals surface area contributed by atoms with E-state index in [1.54, 1.807) is 12.1 Å². The molecule has 1 unspecified atom stereocenters. The molecule has 0 radical (unpaired) electrons. The fourth-order valence-corrected chi connectivity index (χ4v) is 3.06. The number of halogens is 1. The van der Waals surface area contributed by atoms with Gasteiger partial charge in [0, 0.05) is 49.3 Å². The van der Waals surface area contributed by atoms with Crippen LogP contribution in [0.4, 0.5) is 14.9 Å². The van der Waals surface area contributed by atoms with Gasteiger partial charge < -0.3 is 15.5 Å². The van der Waals surface area contributed by atoms with E-state index in [1.807, 2.05) is 13.2 Å². The number of carbonyl (C=O) groups excluding carboxylic acids is 1. The number of thioether (sulfide) groups is 1. The van der Waals surface area contributed by atoms with Gasteiger partial charge in [-0.1, -0.05) is 0 Å². The van der Waals surface area contributed by atoms with Crippen LogP contribution in [-0.2, 0) is 0 Å². The topological polar surface area (TPSA) is 47.6 Å². The summed E-state index contributed by atoms with van der Waals surface area (Å²) in [4.78, 5) is 17.2. The van der Waals surface area contributed by atoms with Gasteiger partial charge in [-0.2, -0.15) is 0 Å². The molecule has 1 aromatic carbocycles. The molecule has 1 fully saturated rings. The Morgan fingerprint density at radius 2 is 2.04 bits per heavy atom. The number of nitrogens with one attached hydrogen (secondary N) is 2. The van der Waals surface area contributed by atoms with E-state index >= 15 is 0 Å². The van der Waals surface area contributed by atoms with Crippen molar-refractivity contribution in [2.45, 2.75) is 17.9 Å². The molecule has 128 valence electrons. The Hall–Kier alpha value is -1.31. The van der Waals surface area contributed by atoms with Crippen molar-refractivity contribution in [3.8, 4) is 0 Å². The maximum Gasteiger partial charge on any atom is 0.319 e. The third-order valence-electron chi connectivity index (χ3n) is 3.92. The number of nitrogens with zero attached hydrogens (tertiary/aromatic N) is 2. The van der Waals surface area contributed by atoms with E-state index in [2.05, 4.69) is 27.5 Å². The van der Waals surface area contributed by atoms with Crippen molar-refractivity contribution in [2.75, 3.05) is 51.3 Å². The highest BCUT2D eigenvalue weighted by atomic mass is 32.2. The number of hydrogen-bond donors (Lipinski definition) is 2. The zero-order chi connectivity index (χ0) is 16.8. The Morgan fingerprint density at radius 1 is 1.35 bits per heavy atom. The van der Waals surface area contributed by atoms with Gasteiger partial charge in [-0.05, 0) is 38.4 Å². The van der Waals surface area contributed by atoms with Crippen molar-refractivity contribution in [1.82, 2.24) is 15.1 Å². The second-order valence-corrected chi connectivity index (χ2v) is 6.80. The Kier molecular flexibility index (Phi) is 6.68. The molecule has 23 heavy (non-hydrogen) atoms. The molecule has 2 amide bonds. The zero-order valence-electron chi connectivity index (χ0n) is 13.9. The smallest absolute Gasteiger partial charge is 0.319 e. The van der Waals surface area contributed by atoms with Gasteiger partial charge in [-0.3, -0.25) is 4.90 Å². The van der Waals surface area contributed by atoms with E-state index < -0.39 is 0 Å². The van der Waals surface area contributed by atoms with Gasteiger partial charge in [0.15, 0.2) is 0 Å². The molecule has 0 bridgehead atoms. The molecule has 0 spiro atoms. The fraction of sp³-hybridized carbons (Fsp3) is 0.562. The lowest BCUT2D eigenvalue weighted by Gasteiger charge is -2.34. The number of rotatable bonds is 5. The summed E-state index contributed by atoms with van der Waals surface area (Å²) in [7, 11) is 2.12. The lowest BCUT2D eigenvalue weighted by atomic mass is 10.2. The minimum absolute atomic E-state index is 0.0359. The molecule has 1 saturated heterocycles. The molecule has 0 aliphatic carbocycles. The number of carbonyl (C=O) groups is 1. The van der Waals surface area contributed by atoms with E-state index in [-0.39, 0.29) is 17.9 Å². The molecule has 2 N–H and O–H groups in total. The van der Waals surface area contributed by atoms with Crippen molar-refractivity contribution in [3.05, 3.63) is 24.0 Å². The summed E-state index contributed by atoms with van der Waals surface area (Å²) < 4.78 is 13.7. The van der Waals surface area contributed by atoms with Gasteiger partial charge in [0.2, 0.25) is 0 Å². The van der Waals surface area contributed by atoms with Gasteiger partial charge in [0.05, 0.1) is 0 Å². The molecule has 0 saturated carbocycles. The highest BCUT2D eigenvalue weighted by Crippen LogP contribution is 2.22. The number of piperazine rings is 1. The second-order valence-electron chi connectivity index (χ2n) is 5.95. The lowest BCUT2D eigenvalue weighted by molar-refractivity contribution is 0.145. The first kappa shape index (κ1) is 18.0. The minimum atomic E-state index is -0.319. The Labute approximate surface area is 141 Å². The average molecular weight is 340 g/mol. The summed E-state index contributed by atoms with van der Waals surface area (Å²) in [6.07, 6.45) is 1.82. The molecule has 0 aromatic heterocycles. The summed E-state index contributed by atoms with van der Waals surface area (Å²) >= 11 is 1.34. The van der Waals surface area contributed by atoms with E-state index in [9.17, 15) is 9.18 Å². The molecule has 1 heterocycles. The van der Waals surface area contributed by atoms with Crippen LogP contribution in [0.3, 0.4) is 0 Å². The van der Waals surface area contributed by atoms with Crippen LogP contribution < -0.4 is 10.6 Å². The Balaban J connectivity index is 1.78. The maximum absolute atomic E-state index is 13.7. The predicted molar refractivity (Wildman–Crippen MR) is 93.7 cm³/mol. The third-order valence-corrected chi connectivity index (χ3v) is 4.69. The standard InChI is InChI=1S/C16H25FN4OS/c1-12(11-21-8-6-20(2)7-9-21)18-16(22)19-13-4-5-15(23-3)14(17)10-13/h4-5,10,12H,6-9,11H2,1-3H3,(H2,18,19,22). The van der Waals surface area contributed by atoms with Crippen LogP contribution >= 0.6 is 11.8 Å². The Bertz CT molecular complexity index is 535. The monoisotopic (exact) mass is 340 g/mol. The first-order chi connectivity index (χ1) is 11.0. The fourth-order valence-electron chi connectivity index (χ4n) is 2.60. The highest BCUT2D eigenvalue weighted by Gasteiger charge is 2.17. The summed E-state index contributed by atoms with van der Waals surface area (Å²) in [5.41, 5.74) is 0.463. The molecule has 5 nitrogen and oxygen atoms in total. The Morgan fingerprint density at radius 3 is 2.65 bits per heavy atom. The quantitative estimate of drug-likeness (QED) is 0.808. The molecule has 1 aromatic rings. The van der Waals surface area contributed by atoms with Crippen LogP contribution in [0, 0.1) is 5.82 Å². The molecule has 2 rings (SSSR count). The first-order valence-corrected chi connectivity index (χ1v) is 9.02. The summed E-state index contributed by atoms with van der Waals surface area (Å²) in [6, 6.07) is 4.45. The third kappa shape index (κ3) is 5.67. The van der Waals surface area contributed by atoms with Crippen LogP contribution in [0.2, 0.25) is 0 Å². The minimum Gasteiger partial charge on any atom is -0.334 e. The predicted octanol–water partition coefficient (Wildman–Crippen LogP) is 2.31. The summed E-state index contributed by atoms with van der Waals surface area (Å²) in [6.45, 7) is 6.95. The van der Waals surface area contributed by atoms with Crippen LogP contribution in [0.5, 0.6) is 0 Å². The van der Waals surface area contributed by atoms with Gasteiger partial charge in [0.1, 0.15) is 5.82 Å². The van der Waals surface area contributed by atoms with Crippen molar-refractivity contribution < 1.29 is 9.18 Å². The number of likely N-dealkylation sites (N-methyl/N-ethyl adjacent to an activating group) is 1. The van der Waals surface area contributed by atoms with E-state index in [1.165, 1.54) is 17.8 Å². The van der Waals surface area contributed by atoms with Crippen LogP contribution in [0.1, 0.15) is 6.92 Å². The van der Waals surface area contributed by atoms with Crippen molar-refractivity contribution in [3.63, 3.8) is 0 Å². The number of hydrogen-bond acceptors (Lipinski definition) is 4. The van der Waals surface area contributed by atoms with Crippen molar-refractivity contribution in [1.29, 1.82) is 0 Å². The summed E-state index contributed by atoms with van der Waals surface area (Å²) in [5.74, 6) is -0.319. The van der Waals surface area contributed by atoms with Crippen molar-refractivity contribution >= 4 is 23.5 Å². The average Bonchev–Trinajstić information content (AvgIpc) is 2.49. The first-order valence-electron chi connectivity index (χ1n) is 7.80. The molecule has 7 heteroatoms. The number of urea groups is 1. The number of amides is 2. The van der Waals surface area contributed by atoms with Gasteiger partial charge in [-0.15, -0.1) is 11.8 Å². The molecule has 1 aliphatic heterocycles. The molecular weight excluding hydrogens is 315 g/mol. The molecule has 1 atom stereocenters. The zero-order valence-corrected chi connectivity index (χ0v) is 14.8. The van der Waals surface area contributed by atoms with Crippen LogP contribution in [0.15, 0.2) is 23.1 Å². The van der Waals surface area contributed by atoms with Gasteiger partial charge >= 0.3 is 6.03 Å². The van der Waals surface area contributed by atoms with Gasteiger partial charge in [0.25, 0.3) is 0 Å². The lowest BCUT2D eigenvalue weighted by Crippen LogP contribution is -2.50. The van der Waals surface area contributed by atoms with Crippen LogP contribution in [-0.4, -0.2) is 67.9 Å². The maximum atomic E-state index is 13.7. The highest BCUT2D eigenvalue weighted by molar-refractivity contribution is 7.98. The van der Waals surface area contributed by atoms with Gasteiger partial charge in [-0.25, -0.2) is 9.18 Å². The molecular formula is C16H25FN4OS. The molecule has 1 aliphatic rings. The SMILES string of the molecule is CSc1ccc(NC(=O)NC(C)CN2CCN(C)CC2)cc1F. The normalized spacial score (nSPS) is 17.7. The van der Waals surface area contributed by atoms with E-state index in [4.69, 9.17) is 0 Å². The summed E-state index contributed by atoms with van der Waals surface area (Å²) in [5, 5.41) is 5.59. The number of anilines is 1. The van der Waals surface area contributed by atoms with E-state index in [0.717, 1.165) is 32.7 Å². The van der Waals surface area contributed by atoms with Crippen molar-refractivity contribution in [2.24, 2.45) is 0 Å². The van der Waals surface area contributed by atoms with E-state index in [0.29, 0.717) is 10.6 Å². The number of benzene rings is 1. The van der Waals surface area contributed by atoms with Crippen LogP contribution in [0.25, 0.3) is 0 Å². The largest absolute Gasteiger partial charge is 0.334 e.